The number of ether oxygens (including phenoxy) is 1. The smallest absolute Gasteiger partial charge is 0.255 e. The van der Waals surface area contributed by atoms with E-state index >= 15 is 0 Å². The number of likely N-dealkylation sites (tertiary alicyclic amines) is 2. The Morgan fingerprint density at radius 2 is 1.79 bits per heavy atom. The Hall–Kier alpha value is -2.73. The zero-order chi connectivity index (χ0) is 20.2. The molecule has 152 valence electrons. The maximum Gasteiger partial charge on any atom is 0.255 e. The zero-order valence-corrected chi connectivity index (χ0v) is 16.7. The second-order valence-corrected chi connectivity index (χ2v) is 7.72. The van der Waals surface area contributed by atoms with Crippen molar-refractivity contribution >= 4 is 11.8 Å². The first-order chi connectivity index (χ1) is 14.2. The summed E-state index contributed by atoms with van der Waals surface area (Å²) >= 11 is 0. The number of hydrogen-bond acceptors (Lipinski definition) is 4. The van der Waals surface area contributed by atoms with Gasteiger partial charge in [-0.05, 0) is 42.5 Å². The number of β-lactam (4-membered cyclic amide) rings is 1. The van der Waals surface area contributed by atoms with E-state index in [2.05, 4.69) is 17.1 Å². The van der Waals surface area contributed by atoms with Gasteiger partial charge in [-0.25, -0.2) is 0 Å². The minimum atomic E-state index is -0.428. The van der Waals surface area contributed by atoms with Crippen LogP contribution in [0.5, 0.6) is 0 Å². The average Bonchev–Trinajstić information content (AvgIpc) is 2.78. The molecule has 29 heavy (non-hydrogen) atoms. The summed E-state index contributed by atoms with van der Waals surface area (Å²) in [4.78, 5) is 33.2. The summed E-state index contributed by atoms with van der Waals surface area (Å²) in [6.07, 6.45) is 5.98. The standard InChI is InChI=1S/C23H27N3O3/c1-29-22-21(18-9-13-24-14-10-18)26(23(22)28)19-11-15-25(16-12-19)20(27)8-7-17-5-3-2-4-6-17/h2-6,9-10,13-14,19,21-22H,7-8,11-12,15-16H2,1H3. The molecule has 6 heteroatoms. The third kappa shape index (κ3) is 4.03. The highest BCUT2D eigenvalue weighted by atomic mass is 16.5. The summed E-state index contributed by atoms with van der Waals surface area (Å²) in [7, 11) is 1.59. The van der Waals surface area contributed by atoms with E-state index in [9.17, 15) is 9.59 Å². The molecule has 3 heterocycles. The number of rotatable bonds is 6. The van der Waals surface area contributed by atoms with Crippen LogP contribution in [0.3, 0.4) is 0 Å². The molecule has 2 amide bonds. The Morgan fingerprint density at radius 1 is 1.10 bits per heavy atom. The normalized spacial score (nSPS) is 22.4. The van der Waals surface area contributed by atoms with Crippen molar-refractivity contribution in [3.8, 4) is 0 Å². The van der Waals surface area contributed by atoms with E-state index in [1.807, 2.05) is 40.1 Å². The van der Waals surface area contributed by atoms with Gasteiger partial charge in [-0.2, -0.15) is 0 Å². The molecule has 2 saturated heterocycles. The molecule has 2 aliphatic rings. The number of pyridine rings is 1. The van der Waals surface area contributed by atoms with E-state index in [0.29, 0.717) is 19.5 Å². The third-order valence-corrected chi connectivity index (χ3v) is 6.07. The Kier molecular flexibility index (Phi) is 5.90. The lowest BCUT2D eigenvalue weighted by Gasteiger charge is -2.52. The van der Waals surface area contributed by atoms with Crippen LogP contribution in [0.15, 0.2) is 54.9 Å². The van der Waals surface area contributed by atoms with Crippen molar-refractivity contribution in [2.75, 3.05) is 20.2 Å². The van der Waals surface area contributed by atoms with E-state index in [0.717, 1.165) is 24.8 Å². The van der Waals surface area contributed by atoms with Crippen LogP contribution in [0, 0.1) is 0 Å². The van der Waals surface area contributed by atoms with E-state index in [1.54, 1.807) is 19.5 Å². The summed E-state index contributed by atoms with van der Waals surface area (Å²) in [5, 5.41) is 0. The van der Waals surface area contributed by atoms with Crippen molar-refractivity contribution in [3.63, 3.8) is 0 Å². The SMILES string of the molecule is COC1C(=O)N(C2CCN(C(=O)CCc3ccccc3)CC2)C1c1ccncc1. The fourth-order valence-electron chi connectivity index (χ4n) is 4.46. The van der Waals surface area contributed by atoms with Gasteiger partial charge in [0.1, 0.15) is 0 Å². The van der Waals surface area contributed by atoms with Gasteiger partial charge in [-0.3, -0.25) is 14.6 Å². The molecule has 1 aromatic heterocycles. The number of methoxy groups -OCH3 is 1. The lowest BCUT2D eigenvalue weighted by Crippen LogP contribution is -2.64. The quantitative estimate of drug-likeness (QED) is 0.708. The van der Waals surface area contributed by atoms with Gasteiger partial charge in [-0.15, -0.1) is 0 Å². The molecule has 2 aromatic rings. The molecule has 2 aliphatic heterocycles. The molecule has 0 N–H and O–H groups in total. The number of carbonyl (C=O) groups excluding carboxylic acids is 2. The highest BCUT2D eigenvalue weighted by Gasteiger charge is 2.51. The predicted octanol–water partition coefficient (Wildman–Crippen LogP) is 2.60. The fourth-order valence-corrected chi connectivity index (χ4v) is 4.46. The molecule has 2 fully saturated rings. The van der Waals surface area contributed by atoms with Crippen molar-refractivity contribution in [1.29, 1.82) is 0 Å². The second-order valence-electron chi connectivity index (χ2n) is 7.72. The highest BCUT2D eigenvalue weighted by molar-refractivity contribution is 5.89. The molecule has 1 aromatic carbocycles. The van der Waals surface area contributed by atoms with E-state index in [1.165, 1.54) is 5.56 Å². The Labute approximate surface area is 171 Å². The van der Waals surface area contributed by atoms with Crippen LogP contribution in [0.2, 0.25) is 0 Å². The Morgan fingerprint density at radius 3 is 2.45 bits per heavy atom. The van der Waals surface area contributed by atoms with Crippen LogP contribution in [-0.2, 0) is 20.7 Å². The van der Waals surface area contributed by atoms with E-state index in [-0.39, 0.29) is 23.9 Å². The van der Waals surface area contributed by atoms with Crippen LogP contribution in [0.1, 0.15) is 36.4 Å². The van der Waals surface area contributed by atoms with Crippen LogP contribution in [0.4, 0.5) is 0 Å². The van der Waals surface area contributed by atoms with Gasteiger partial charge in [0.05, 0.1) is 6.04 Å². The largest absolute Gasteiger partial charge is 0.369 e. The summed E-state index contributed by atoms with van der Waals surface area (Å²) in [6.45, 7) is 1.39. The molecule has 0 radical (unpaired) electrons. The first-order valence-electron chi connectivity index (χ1n) is 10.3. The monoisotopic (exact) mass is 393 g/mol. The summed E-state index contributed by atoms with van der Waals surface area (Å²) in [5.41, 5.74) is 2.24. The van der Waals surface area contributed by atoms with Crippen LogP contribution < -0.4 is 0 Å². The fraction of sp³-hybridized carbons (Fsp3) is 0.435. The zero-order valence-electron chi connectivity index (χ0n) is 16.7. The maximum atomic E-state index is 12.7. The number of aryl methyl sites for hydroxylation is 1. The topological polar surface area (TPSA) is 62.7 Å². The van der Waals surface area contributed by atoms with Crippen LogP contribution in [-0.4, -0.2) is 58.9 Å². The highest BCUT2D eigenvalue weighted by Crippen LogP contribution is 2.40. The van der Waals surface area contributed by atoms with Gasteiger partial charge in [0.25, 0.3) is 5.91 Å². The lowest BCUT2D eigenvalue weighted by molar-refractivity contribution is -0.178. The number of piperidine rings is 1. The summed E-state index contributed by atoms with van der Waals surface area (Å²) in [5.74, 6) is 0.242. The first kappa shape index (κ1) is 19.6. The van der Waals surface area contributed by atoms with Gasteiger partial charge in [0.15, 0.2) is 6.10 Å². The minimum Gasteiger partial charge on any atom is -0.369 e. The summed E-state index contributed by atoms with van der Waals surface area (Å²) < 4.78 is 5.44. The first-order valence-corrected chi connectivity index (χ1v) is 10.3. The number of hydrogen-bond donors (Lipinski definition) is 0. The van der Waals surface area contributed by atoms with Gasteiger partial charge in [-0.1, -0.05) is 30.3 Å². The predicted molar refractivity (Wildman–Crippen MR) is 109 cm³/mol. The molecule has 4 rings (SSSR count). The van der Waals surface area contributed by atoms with Gasteiger partial charge < -0.3 is 14.5 Å². The minimum absolute atomic E-state index is 0.0446. The third-order valence-electron chi connectivity index (χ3n) is 6.07. The van der Waals surface area contributed by atoms with Crippen molar-refractivity contribution < 1.29 is 14.3 Å². The van der Waals surface area contributed by atoms with Crippen LogP contribution >= 0.6 is 0 Å². The number of amides is 2. The molecule has 0 spiro atoms. The van der Waals surface area contributed by atoms with Gasteiger partial charge >= 0.3 is 0 Å². The molecule has 0 aliphatic carbocycles. The maximum absolute atomic E-state index is 12.7. The van der Waals surface area contributed by atoms with Gasteiger partial charge in [0, 0.05) is 45.1 Å². The van der Waals surface area contributed by atoms with Crippen molar-refractivity contribution in [1.82, 2.24) is 14.8 Å². The number of nitrogens with zero attached hydrogens (tertiary/aromatic N) is 3. The van der Waals surface area contributed by atoms with Crippen molar-refractivity contribution in [2.24, 2.45) is 0 Å². The van der Waals surface area contributed by atoms with Gasteiger partial charge in [0.2, 0.25) is 5.91 Å². The molecule has 2 unspecified atom stereocenters. The second kappa shape index (κ2) is 8.74. The van der Waals surface area contributed by atoms with E-state index < -0.39 is 6.10 Å². The molecule has 0 bridgehead atoms. The Balaban J connectivity index is 1.34. The average molecular weight is 393 g/mol. The lowest BCUT2D eigenvalue weighted by atomic mass is 9.86. The number of carbonyl (C=O) groups is 2. The Bertz CT molecular complexity index is 835. The van der Waals surface area contributed by atoms with Crippen LogP contribution in [0.25, 0.3) is 0 Å². The summed E-state index contributed by atoms with van der Waals surface area (Å²) in [6, 6.07) is 14.1. The number of aromatic nitrogens is 1. The molecule has 2 atom stereocenters. The molecular formula is C23H27N3O3. The number of benzene rings is 1. The molecule has 0 saturated carbocycles. The van der Waals surface area contributed by atoms with Crippen molar-refractivity contribution in [2.45, 2.75) is 43.9 Å². The molecular weight excluding hydrogens is 366 g/mol. The van der Waals surface area contributed by atoms with Crippen molar-refractivity contribution in [3.05, 3.63) is 66.0 Å². The van der Waals surface area contributed by atoms with E-state index in [4.69, 9.17) is 4.74 Å². The molecule has 6 nitrogen and oxygen atoms in total.